The summed E-state index contributed by atoms with van der Waals surface area (Å²) in [6.45, 7) is 6.92. The van der Waals surface area contributed by atoms with Crippen LogP contribution in [0.3, 0.4) is 0 Å². The van der Waals surface area contributed by atoms with Crippen molar-refractivity contribution in [2.45, 2.75) is 46.1 Å². The third kappa shape index (κ3) is 3.36. The zero-order valence-corrected chi connectivity index (χ0v) is 13.1. The van der Waals surface area contributed by atoms with Gasteiger partial charge in [0.2, 0.25) is 0 Å². The van der Waals surface area contributed by atoms with Crippen LogP contribution in [0.2, 0.25) is 0 Å². The van der Waals surface area contributed by atoms with Gasteiger partial charge in [-0.25, -0.2) is 0 Å². The minimum Gasteiger partial charge on any atom is -0.382 e. The largest absolute Gasteiger partial charge is 0.382 e. The normalized spacial score (nSPS) is 29.1. The number of hydrogen-bond acceptors (Lipinski definition) is 1. The molecule has 0 radical (unpaired) electrons. The van der Waals surface area contributed by atoms with E-state index in [2.05, 4.69) is 66.9 Å². The van der Waals surface area contributed by atoms with Gasteiger partial charge in [-0.05, 0) is 71.9 Å². The predicted molar refractivity (Wildman–Crippen MR) is 83.5 cm³/mol. The highest BCUT2D eigenvalue weighted by molar-refractivity contribution is 14.1. The summed E-state index contributed by atoms with van der Waals surface area (Å²) in [5.41, 5.74) is 2.65. The highest BCUT2D eigenvalue weighted by Gasteiger charge is 2.25. The Labute approximate surface area is 119 Å². The van der Waals surface area contributed by atoms with E-state index < -0.39 is 0 Å². The Morgan fingerprint density at radius 3 is 2.71 bits per heavy atom. The van der Waals surface area contributed by atoms with E-state index in [-0.39, 0.29) is 0 Å². The molecule has 0 bridgehead atoms. The molecule has 3 unspecified atom stereocenters. The van der Waals surface area contributed by atoms with Gasteiger partial charge in [0.1, 0.15) is 0 Å². The zero-order valence-electron chi connectivity index (χ0n) is 11.0. The van der Waals surface area contributed by atoms with Crippen LogP contribution in [0.15, 0.2) is 18.2 Å². The number of aryl methyl sites for hydroxylation is 1. The van der Waals surface area contributed by atoms with E-state index in [0.29, 0.717) is 6.04 Å². The molecule has 0 heterocycles. The van der Waals surface area contributed by atoms with Crippen LogP contribution in [0.1, 0.15) is 38.7 Å². The van der Waals surface area contributed by atoms with Gasteiger partial charge in [0.05, 0.1) is 0 Å². The minimum atomic E-state index is 0.650. The first-order chi connectivity index (χ1) is 8.06. The Balaban J connectivity index is 2.06. The summed E-state index contributed by atoms with van der Waals surface area (Å²) < 4.78 is 1.35. The van der Waals surface area contributed by atoms with Gasteiger partial charge in [0, 0.05) is 15.3 Å². The Morgan fingerprint density at radius 1 is 1.24 bits per heavy atom. The molecule has 2 rings (SSSR count). The molecule has 1 aromatic rings. The molecule has 2 heteroatoms. The lowest BCUT2D eigenvalue weighted by Gasteiger charge is -2.34. The molecular weight excluding hydrogens is 321 g/mol. The molecule has 1 saturated carbocycles. The monoisotopic (exact) mass is 343 g/mol. The summed E-state index contributed by atoms with van der Waals surface area (Å²) in [4.78, 5) is 0. The minimum absolute atomic E-state index is 0.650. The van der Waals surface area contributed by atoms with E-state index in [0.717, 1.165) is 11.8 Å². The van der Waals surface area contributed by atoms with Crippen molar-refractivity contribution in [1.82, 2.24) is 0 Å². The quantitative estimate of drug-likeness (QED) is 0.758. The summed E-state index contributed by atoms with van der Waals surface area (Å²) in [7, 11) is 0. The third-order valence-corrected chi connectivity index (χ3v) is 5.14. The molecule has 1 fully saturated rings. The van der Waals surface area contributed by atoms with Gasteiger partial charge in [-0.3, -0.25) is 0 Å². The van der Waals surface area contributed by atoms with E-state index in [4.69, 9.17) is 0 Å². The molecule has 1 N–H and O–H groups in total. The molecule has 1 aromatic carbocycles. The lowest BCUT2D eigenvalue weighted by Crippen LogP contribution is -2.33. The van der Waals surface area contributed by atoms with Gasteiger partial charge < -0.3 is 5.32 Å². The van der Waals surface area contributed by atoms with Crippen molar-refractivity contribution in [3.63, 3.8) is 0 Å². The van der Waals surface area contributed by atoms with Crippen molar-refractivity contribution in [3.05, 3.63) is 27.3 Å². The number of anilines is 1. The molecule has 1 aliphatic carbocycles. The van der Waals surface area contributed by atoms with Gasteiger partial charge >= 0.3 is 0 Å². The molecule has 1 nitrogen and oxygen atoms in total. The molecule has 3 atom stereocenters. The third-order valence-electron chi connectivity index (χ3n) is 3.98. The second-order valence-corrected chi connectivity index (χ2v) is 6.77. The Hall–Kier alpha value is -0.250. The van der Waals surface area contributed by atoms with Crippen molar-refractivity contribution in [2.24, 2.45) is 11.8 Å². The van der Waals surface area contributed by atoms with E-state index >= 15 is 0 Å². The van der Waals surface area contributed by atoms with Crippen LogP contribution in [-0.4, -0.2) is 6.04 Å². The average molecular weight is 343 g/mol. The highest BCUT2D eigenvalue weighted by atomic mass is 127. The first-order valence-electron chi connectivity index (χ1n) is 6.59. The summed E-state index contributed by atoms with van der Waals surface area (Å²) in [6, 6.07) is 7.34. The number of nitrogens with one attached hydrogen (secondary N) is 1. The molecule has 0 saturated heterocycles. The topological polar surface area (TPSA) is 12.0 Å². The smallest absolute Gasteiger partial charge is 0.0353 e. The molecule has 1 aliphatic rings. The summed E-state index contributed by atoms with van der Waals surface area (Å²) in [6.07, 6.45) is 4.07. The van der Waals surface area contributed by atoms with Crippen molar-refractivity contribution < 1.29 is 0 Å². The Morgan fingerprint density at radius 2 is 2.00 bits per heavy atom. The van der Waals surface area contributed by atoms with Crippen molar-refractivity contribution in [2.75, 3.05) is 5.32 Å². The SMILES string of the molecule is Cc1ccc(NC2CC(C)CCC2C)cc1I. The standard InChI is InChI=1S/C15H22IN/c1-10-4-5-12(3)15(8-10)17-13-7-6-11(2)14(16)9-13/h6-7,9-10,12,15,17H,4-5,8H2,1-3H3. The first-order valence-corrected chi connectivity index (χ1v) is 7.67. The molecular formula is C15H22IN. The van der Waals surface area contributed by atoms with Gasteiger partial charge in [-0.15, -0.1) is 0 Å². The van der Waals surface area contributed by atoms with Crippen LogP contribution < -0.4 is 5.32 Å². The van der Waals surface area contributed by atoms with Crippen molar-refractivity contribution in [3.8, 4) is 0 Å². The Kier molecular flexibility index (Phi) is 4.34. The van der Waals surface area contributed by atoms with E-state index in [9.17, 15) is 0 Å². The van der Waals surface area contributed by atoms with Crippen LogP contribution in [0, 0.1) is 22.3 Å². The molecule has 17 heavy (non-hydrogen) atoms. The van der Waals surface area contributed by atoms with E-state index in [1.165, 1.54) is 34.1 Å². The van der Waals surface area contributed by atoms with E-state index in [1.807, 2.05) is 0 Å². The van der Waals surface area contributed by atoms with Crippen molar-refractivity contribution >= 4 is 28.3 Å². The number of halogens is 1. The van der Waals surface area contributed by atoms with Crippen LogP contribution in [0.25, 0.3) is 0 Å². The predicted octanol–water partition coefficient (Wildman–Crippen LogP) is 4.84. The van der Waals surface area contributed by atoms with Crippen molar-refractivity contribution in [1.29, 1.82) is 0 Å². The fourth-order valence-corrected chi connectivity index (χ4v) is 3.15. The maximum atomic E-state index is 3.72. The molecule has 0 amide bonds. The van der Waals surface area contributed by atoms with Crippen LogP contribution in [0.5, 0.6) is 0 Å². The lowest BCUT2D eigenvalue weighted by molar-refractivity contribution is 0.280. The maximum absolute atomic E-state index is 3.72. The lowest BCUT2D eigenvalue weighted by atomic mass is 9.80. The average Bonchev–Trinajstić information content (AvgIpc) is 2.29. The number of rotatable bonds is 2. The van der Waals surface area contributed by atoms with Crippen LogP contribution in [-0.2, 0) is 0 Å². The van der Waals surface area contributed by atoms with Gasteiger partial charge in [-0.1, -0.05) is 26.3 Å². The maximum Gasteiger partial charge on any atom is 0.0353 e. The second-order valence-electron chi connectivity index (χ2n) is 5.61. The zero-order chi connectivity index (χ0) is 12.4. The summed E-state index contributed by atoms with van der Waals surface area (Å²) >= 11 is 2.41. The van der Waals surface area contributed by atoms with Gasteiger partial charge in [0.15, 0.2) is 0 Å². The van der Waals surface area contributed by atoms with Crippen LogP contribution >= 0.6 is 22.6 Å². The second kappa shape index (κ2) is 5.59. The summed E-state index contributed by atoms with van der Waals surface area (Å²) in [5.74, 6) is 1.67. The van der Waals surface area contributed by atoms with Gasteiger partial charge in [0.25, 0.3) is 0 Å². The summed E-state index contributed by atoms with van der Waals surface area (Å²) in [5, 5.41) is 3.72. The Bertz CT molecular complexity index is 389. The number of benzene rings is 1. The van der Waals surface area contributed by atoms with Gasteiger partial charge in [-0.2, -0.15) is 0 Å². The molecule has 0 aromatic heterocycles. The fraction of sp³-hybridized carbons (Fsp3) is 0.600. The van der Waals surface area contributed by atoms with E-state index in [1.54, 1.807) is 0 Å². The first kappa shape index (κ1) is 13.2. The molecule has 0 aliphatic heterocycles. The highest BCUT2D eigenvalue weighted by Crippen LogP contribution is 2.31. The fourth-order valence-electron chi connectivity index (χ4n) is 2.63. The molecule has 94 valence electrons. The number of hydrogen-bond donors (Lipinski definition) is 1. The van der Waals surface area contributed by atoms with Crippen LogP contribution in [0.4, 0.5) is 5.69 Å². The molecule has 0 spiro atoms.